The van der Waals surface area contributed by atoms with E-state index in [1.54, 1.807) is 50.3 Å². The number of hydrogen-bond donors (Lipinski definition) is 0. The van der Waals surface area contributed by atoms with Crippen molar-refractivity contribution in [2.24, 2.45) is 4.99 Å². The molecule has 0 aliphatic carbocycles. The number of carbonyl (C=O) groups is 1. The second-order valence-electron chi connectivity index (χ2n) is 10.2. The van der Waals surface area contributed by atoms with Crippen LogP contribution < -0.4 is 24.4 Å². The van der Waals surface area contributed by atoms with Crippen LogP contribution in [0.25, 0.3) is 6.08 Å². The van der Waals surface area contributed by atoms with Crippen LogP contribution in [-0.2, 0) is 16.1 Å². The van der Waals surface area contributed by atoms with Crippen LogP contribution in [0.1, 0.15) is 50.4 Å². The number of halogens is 3. The molecule has 7 nitrogen and oxygen atoms in total. The molecule has 5 rings (SSSR count). The van der Waals surface area contributed by atoms with Crippen LogP contribution in [0.4, 0.5) is 4.39 Å². The zero-order chi connectivity index (χ0) is 31.5. The van der Waals surface area contributed by atoms with E-state index in [2.05, 4.69) is 20.9 Å². The van der Waals surface area contributed by atoms with Gasteiger partial charge in [-0.1, -0.05) is 59.3 Å². The van der Waals surface area contributed by atoms with Crippen molar-refractivity contribution in [3.05, 3.63) is 124 Å². The third-order valence-electron chi connectivity index (χ3n) is 6.74. The first-order valence-corrected chi connectivity index (χ1v) is 15.9. The Labute approximate surface area is 271 Å². The zero-order valence-electron chi connectivity index (χ0n) is 24.4. The lowest BCUT2D eigenvalue weighted by molar-refractivity contribution is -0.139. The average Bonchev–Trinajstić information content (AvgIpc) is 3.26. The number of nitrogens with zero attached hydrogens (tertiary/aromatic N) is 2. The minimum absolute atomic E-state index is 0.00686. The molecule has 228 valence electrons. The molecular formula is C33H29BrClFN2O5S. The highest BCUT2D eigenvalue weighted by atomic mass is 79.9. The molecular weight excluding hydrogens is 671 g/mol. The van der Waals surface area contributed by atoms with Crippen LogP contribution in [0.15, 0.2) is 86.2 Å². The second-order valence-corrected chi connectivity index (χ2v) is 12.5. The SMILES string of the molecule is CCOC(=O)C1=C(C)N=c2s/c(=C/c3cc(Cl)c(OCc4ccccc4F)c(Br)c3)c(=O)n2[C@H]1c1ccccc1OC(C)C. The van der Waals surface area contributed by atoms with Gasteiger partial charge in [-0.2, -0.15) is 0 Å². The summed E-state index contributed by atoms with van der Waals surface area (Å²) in [5, 5.41) is 0.285. The number of rotatable bonds is 9. The topological polar surface area (TPSA) is 79.1 Å². The number of ether oxygens (including phenoxy) is 3. The Kier molecular flexibility index (Phi) is 9.72. The van der Waals surface area contributed by atoms with Gasteiger partial charge in [-0.3, -0.25) is 9.36 Å². The number of aromatic nitrogens is 1. The molecule has 1 aliphatic heterocycles. The van der Waals surface area contributed by atoms with Gasteiger partial charge in [0.1, 0.15) is 24.2 Å². The monoisotopic (exact) mass is 698 g/mol. The molecule has 1 aliphatic rings. The molecule has 1 aromatic heterocycles. The van der Waals surface area contributed by atoms with Gasteiger partial charge in [0, 0.05) is 11.1 Å². The molecule has 44 heavy (non-hydrogen) atoms. The first-order chi connectivity index (χ1) is 21.1. The minimum atomic E-state index is -0.813. The van der Waals surface area contributed by atoms with Crippen molar-refractivity contribution in [2.75, 3.05) is 6.61 Å². The molecule has 2 heterocycles. The molecule has 0 radical (unpaired) electrons. The molecule has 0 amide bonds. The second kappa shape index (κ2) is 13.5. The molecule has 11 heteroatoms. The summed E-state index contributed by atoms with van der Waals surface area (Å²) in [6.07, 6.45) is 1.57. The Hall–Kier alpha value is -3.73. The number of allylic oxidation sites excluding steroid dienone is 1. The van der Waals surface area contributed by atoms with Crippen LogP contribution in [0.3, 0.4) is 0 Å². The molecule has 0 saturated heterocycles. The van der Waals surface area contributed by atoms with Crippen LogP contribution in [0.2, 0.25) is 5.02 Å². The number of carbonyl (C=O) groups excluding carboxylic acids is 1. The van der Waals surface area contributed by atoms with Gasteiger partial charge in [-0.05, 0) is 79.5 Å². The molecule has 1 atom stereocenters. The first-order valence-electron chi connectivity index (χ1n) is 13.9. The molecule has 0 bridgehead atoms. The molecule has 0 fully saturated rings. The fourth-order valence-corrected chi connectivity index (χ4v) is 6.91. The fourth-order valence-electron chi connectivity index (χ4n) is 4.87. The molecule has 0 spiro atoms. The van der Waals surface area contributed by atoms with Crippen LogP contribution in [0.5, 0.6) is 11.5 Å². The van der Waals surface area contributed by atoms with E-state index in [1.165, 1.54) is 22.0 Å². The summed E-state index contributed by atoms with van der Waals surface area (Å²) in [5.74, 6) is -0.0101. The lowest BCUT2D eigenvalue weighted by Gasteiger charge is -2.26. The van der Waals surface area contributed by atoms with Gasteiger partial charge in [-0.25, -0.2) is 14.2 Å². The summed E-state index contributed by atoms with van der Waals surface area (Å²) < 4.78 is 33.8. The summed E-state index contributed by atoms with van der Waals surface area (Å²) in [7, 11) is 0. The summed E-state index contributed by atoms with van der Waals surface area (Å²) in [4.78, 5) is 32.4. The van der Waals surface area contributed by atoms with Crippen molar-refractivity contribution in [1.29, 1.82) is 0 Å². The summed E-state index contributed by atoms with van der Waals surface area (Å²) in [6, 6.07) is 16.3. The third-order valence-corrected chi connectivity index (χ3v) is 8.59. The third kappa shape index (κ3) is 6.52. The van der Waals surface area contributed by atoms with Gasteiger partial charge in [0.2, 0.25) is 0 Å². The maximum absolute atomic E-state index is 14.1. The maximum atomic E-state index is 14.1. The number of fused-ring (bicyclic) bond motifs is 1. The normalized spacial score (nSPS) is 14.8. The predicted molar refractivity (Wildman–Crippen MR) is 172 cm³/mol. The van der Waals surface area contributed by atoms with E-state index in [4.69, 9.17) is 25.8 Å². The maximum Gasteiger partial charge on any atom is 0.338 e. The van der Waals surface area contributed by atoms with E-state index >= 15 is 0 Å². The van der Waals surface area contributed by atoms with Gasteiger partial charge in [0.15, 0.2) is 10.6 Å². The Balaban J connectivity index is 1.59. The first kappa shape index (κ1) is 31.7. The van der Waals surface area contributed by atoms with Gasteiger partial charge in [0.05, 0.1) is 38.0 Å². The van der Waals surface area contributed by atoms with Gasteiger partial charge in [-0.15, -0.1) is 0 Å². The average molecular weight is 700 g/mol. The molecule has 0 N–H and O–H groups in total. The standard InChI is InChI=1S/C33H29BrClFN2O5S/c1-5-41-32(40)28-19(4)37-33-38(29(28)22-11-7-9-13-26(22)43-18(2)3)31(39)27(44-33)16-20-14-23(34)30(24(35)15-20)42-17-21-10-6-8-12-25(21)36/h6-16,18,29H,5,17H2,1-4H3/b27-16+/t29-/m0/s1. The lowest BCUT2D eigenvalue weighted by Crippen LogP contribution is -2.40. The van der Waals surface area contributed by atoms with Crippen LogP contribution >= 0.6 is 38.9 Å². The predicted octanol–water partition coefficient (Wildman–Crippen LogP) is 6.72. The van der Waals surface area contributed by atoms with E-state index in [-0.39, 0.29) is 41.3 Å². The molecule has 3 aromatic carbocycles. The van der Waals surface area contributed by atoms with Crippen molar-refractivity contribution in [3.63, 3.8) is 0 Å². The Bertz CT molecular complexity index is 1930. The van der Waals surface area contributed by atoms with E-state index in [0.29, 0.717) is 47.7 Å². The van der Waals surface area contributed by atoms with Crippen molar-refractivity contribution in [2.45, 2.75) is 46.4 Å². The quantitative estimate of drug-likeness (QED) is 0.181. The summed E-state index contributed by atoms with van der Waals surface area (Å²) >= 11 is 11.3. The minimum Gasteiger partial charge on any atom is -0.491 e. The Morgan fingerprint density at radius 2 is 1.91 bits per heavy atom. The van der Waals surface area contributed by atoms with Crippen molar-refractivity contribution >= 4 is 50.9 Å². The number of hydrogen-bond acceptors (Lipinski definition) is 7. The van der Waals surface area contributed by atoms with E-state index < -0.39 is 12.0 Å². The summed E-state index contributed by atoms with van der Waals surface area (Å²) in [6.45, 7) is 7.45. The highest BCUT2D eigenvalue weighted by molar-refractivity contribution is 9.10. The number of esters is 1. The molecule has 0 unspecified atom stereocenters. The number of thiazole rings is 1. The van der Waals surface area contributed by atoms with Crippen molar-refractivity contribution in [3.8, 4) is 11.5 Å². The smallest absolute Gasteiger partial charge is 0.338 e. The largest absolute Gasteiger partial charge is 0.491 e. The lowest BCUT2D eigenvalue weighted by atomic mass is 9.95. The summed E-state index contributed by atoms with van der Waals surface area (Å²) in [5.41, 5.74) is 2.07. The highest BCUT2D eigenvalue weighted by Crippen LogP contribution is 2.37. The fraction of sp³-hybridized carbons (Fsp3) is 0.242. The van der Waals surface area contributed by atoms with Gasteiger partial charge >= 0.3 is 5.97 Å². The van der Waals surface area contributed by atoms with Crippen molar-refractivity contribution in [1.82, 2.24) is 4.57 Å². The van der Waals surface area contributed by atoms with E-state index in [0.717, 1.165) is 0 Å². The zero-order valence-corrected chi connectivity index (χ0v) is 27.6. The molecule has 4 aromatic rings. The van der Waals surface area contributed by atoms with E-state index in [9.17, 15) is 14.0 Å². The number of benzene rings is 3. The van der Waals surface area contributed by atoms with Crippen molar-refractivity contribution < 1.29 is 23.4 Å². The van der Waals surface area contributed by atoms with E-state index in [1.807, 2.05) is 38.1 Å². The number of para-hydroxylation sites is 1. The van der Waals surface area contributed by atoms with Crippen LogP contribution in [0, 0.1) is 5.82 Å². The van der Waals surface area contributed by atoms with Crippen LogP contribution in [-0.4, -0.2) is 23.2 Å². The highest BCUT2D eigenvalue weighted by Gasteiger charge is 2.35. The Morgan fingerprint density at radius 1 is 1.18 bits per heavy atom. The van der Waals surface area contributed by atoms with Gasteiger partial charge < -0.3 is 14.2 Å². The Morgan fingerprint density at radius 3 is 2.61 bits per heavy atom. The molecule has 0 saturated carbocycles. The van der Waals surface area contributed by atoms with Gasteiger partial charge in [0.25, 0.3) is 5.56 Å².